The predicted molar refractivity (Wildman–Crippen MR) is 128 cm³/mol. The van der Waals surface area contributed by atoms with Crippen molar-refractivity contribution in [3.05, 3.63) is 52.6 Å². The van der Waals surface area contributed by atoms with Crippen molar-refractivity contribution in [2.75, 3.05) is 26.2 Å². The number of aliphatic carboxylic acids is 2. The van der Waals surface area contributed by atoms with Crippen molar-refractivity contribution in [1.29, 1.82) is 0 Å². The Bertz CT molecular complexity index is 1540. The molecule has 206 valence electrons. The topological polar surface area (TPSA) is 227 Å². The number of benzene rings is 2. The first-order chi connectivity index (χ1) is 18.2. The molecule has 0 unspecified atom stereocenters. The van der Waals surface area contributed by atoms with Crippen LogP contribution < -0.4 is 0 Å². The molecule has 2 aliphatic rings. The average molecular weight is 563 g/mol. The van der Waals surface area contributed by atoms with Crippen LogP contribution in [-0.2, 0) is 24.4 Å². The maximum atomic E-state index is 13.4. The van der Waals surface area contributed by atoms with Crippen LogP contribution >= 0.6 is 0 Å². The molecule has 4 rings (SSSR count). The van der Waals surface area contributed by atoms with Crippen molar-refractivity contribution < 1.29 is 57.9 Å². The van der Waals surface area contributed by atoms with Crippen molar-refractivity contribution >= 4 is 39.4 Å². The molecule has 1 fully saturated rings. The van der Waals surface area contributed by atoms with Gasteiger partial charge in [-0.05, 0) is 6.07 Å². The van der Waals surface area contributed by atoms with E-state index >= 15 is 0 Å². The van der Waals surface area contributed by atoms with Gasteiger partial charge in [0.1, 0.15) is 4.90 Å². The van der Waals surface area contributed by atoms with E-state index < -0.39 is 85.4 Å². The second kappa shape index (κ2) is 9.76. The van der Waals surface area contributed by atoms with E-state index in [0.29, 0.717) is 0 Å². The highest BCUT2D eigenvalue weighted by atomic mass is 32.2. The Morgan fingerprint density at radius 3 is 1.95 bits per heavy atom. The monoisotopic (exact) mass is 562 g/mol. The smallest absolute Gasteiger partial charge is 0.336 e. The van der Waals surface area contributed by atoms with E-state index in [1.807, 2.05) is 0 Å². The first kappa shape index (κ1) is 27.7. The number of sulfonamides is 1. The number of rotatable bonds is 7. The number of carboxylic acid groups (broad SMARTS) is 2. The normalized spacial score (nSPS) is 17.2. The molecule has 0 bridgehead atoms. The van der Waals surface area contributed by atoms with Crippen LogP contribution in [-0.4, -0.2) is 104 Å². The molecule has 1 amide bonds. The molecule has 2 aromatic rings. The number of amides is 1. The van der Waals surface area contributed by atoms with E-state index in [0.717, 1.165) is 15.3 Å². The van der Waals surface area contributed by atoms with Gasteiger partial charge in [-0.25, -0.2) is 13.2 Å². The van der Waals surface area contributed by atoms with Gasteiger partial charge < -0.3 is 30.4 Å². The molecular weight excluding hydrogens is 540 g/mol. The summed E-state index contributed by atoms with van der Waals surface area (Å²) in [6.45, 7) is -1.26. The quantitative estimate of drug-likeness (QED) is 0.227. The highest BCUT2D eigenvalue weighted by molar-refractivity contribution is 7.89. The van der Waals surface area contributed by atoms with Crippen LogP contribution in [0.1, 0.15) is 44.7 Å². The highest BCUT2D eigenvalue weighted by Gasteiger charge is 2.43. The number of ketones is 2. The van der Waals surface area contributed by atoms with Crippen LogP contribution in [0.15, 0.2) is 35.2 Å². The van der Waals surface area contributed by atoms with Crippen LogP contribution in [0.2, 0.25) is 0 Å². The lowest BCUT2D eigenvalue weighted by Crippen LogP contribution is -2.53. The standard InChI is InChI=1S/C24H22N2O12S/c27-16(10-24(36,23(34)35)11-17(28)29)25-5-7-26(8-6-25)39(37,38)15-9-14-18(22(33)21(15)32)20(31)13-4-2-1-3-12(13)19(14)30/h1-4,9,32-33,36H,5-8,10-11H2,(H,28,29)(H,34,35)/t24-/m0/s1. The second-order valence-corrected chi connectivity index (χ2v) is 11.0. The molecule has 5 N–H and O–H groups in total. The second-order valence-electron chi connectivity index (χ2n) is 9.07. The molecule has 1 saturated heterocycles. The Morgan fingerprint density at radius 1 is 0.846 bits per heavy atom. The molecule has 0 aromatic heterocycles. The van der Waals surface area contributed by atoms with Crippen LogP contribution in [0.4, 0.5) is 0 Å². The number of nitrogens with zero attached hydrogens (tertiary/aromatic N) is 2. The Balaban J connectivity index is 1.57. The summed E-state index contributed by atoms with van der Waals surface area (Å²) < 4.78 is 27.6. The van der Waals surface area contributed by atoms with Gasteiger partial charge in [-0.15, -0.1) is 0 Å². The molecule has 0 radical (unpaired) electrons. The van der Waals surface area contributed by atoms with Gasteiger partial charge in [0, 0.05) is 42.9 Å². The molecule has 1 heterocycles. The fourth-order valence-corrected chi connectivity index (χ4v) is 6.07. The number of carboxylic acids is 2. The van der Waals surface area contributed by atoms with Crippen LogP contribution in [0.5, 0.6) is 11.5 Å². The molecule has 0 spiro atoms. The number of aromatic hydroxyl groups is 2. The maximum Gasteiger partial charge on any atom is 0.336 e. The van der Waals surface area contributed by atoms with E-state index in [4.69, 9.17) is 10.2 Å². The number of fused-ring (bicyclic) bond motifs is 2. The third-order valence-electron chi connectivity index (χ3n) is 6.62. The summed E-state index contributed by atoms with van der Waals surface area (Å²) in [5.74, 6) is -8.16. The lowest BCUT2D eigenvalue weighted by Gasteiger charge is -2.35. The Kier molecular flexibility index (Phi) is 6.93. The van der Waals surface area contributed by atoms with E-state index in [1.54, 1.807) is 0 Å². The molecule has 14 nitrogen and oxygen atoms in total. The number of carbonyl (C=O) groups excluding carboxylic acids is 3. The van der Waals surface area contributed by atoms with Crippen molar-refractivity contribution in [3.63, 3.8) is 0 Å². The molecule has 1 atom stereocenters. The van der Waals surface area contributed by atoms with E-state index in [9.17, 15) is 47.7 Å². The van der Waals surface area contributed by atoms with Crippen LogP contribution in [0, 0.1) is 0 Å². The number of carbonyl (C=O) groups is 5. The Morgan fingerprint density at radius 2 is 1.41 bits per heavy atom. The summed E-state index contributed by atoms with van der Waals surface area (Å²) in [6, 6.07) is 6.55. The van der Waals surface area contributed by atoms with E-state index in [2.05, 4.69) is 0 Å². The average Bonchev–Trinajstić information content (AvgIpc) is 2.88. The van der Waals surface area contributed by atoms with E-state index in [1.165, 1.54) is 24.3 Å². The van der Waals surface area contributed by atoms with Gasteiger partial charge in [0.05, 0.1) is 18.4 Å². The molecular formula is C24H22N2O12S. The number of phenols is 2. The Hall–Kier alpha value is -4.34. The molecule has 2 aromatic carbocycles. The van der Waals surface area contributed by atoms with Crippen molar-refractivity contribution in [1.82, 2.24) is 9.21 Å². The summed E-state index contributed by atoms with van der Waals surface area (Å²) >= 11 is 0. The minimum absolute atomic E-state index is 0.000201. The van der Waals surface area contributed by atoms with Crippen molar-refractivity contribution in [2.24, 2.45) is 0 Å². The predicted octanol–water partition coefficient (Wildman–Crippen LogP) is -0.613. The first-order valence-electron chi connectivity index (χ1n) is 11.4. The summed E-state index contributed by atoms with van der Waals surface area (Å²) in [5, 5.41) is 49.2. The zero-order valence-electron chi connectivity index (χ0n) is 20.0. The van der Waals surface area contributed by atoms with Gasteiger partial charge in [-0.1, -0.05) is 24.3 Å². The minimum Gasteiger partial charge on any atom is -0.504 e. The summed E-state index contributed by atoms with van der Waals surface area (Å²) in [7, 11) is -4.58. The summed E-state index contributed by atoms with van der Waals surface area (Å²) in [4.78, 5) is 60.9. The van der Waals surface area contributed by atoms with Crippen molar-refractivity contribution in [3.8, 4) is 11.5 Å². The molecule has 1 aliphatic carbocycles. The fraction of sp³-hybridized carbons (Fsp3) is 0.292. The molecule has 1 aliphatic heterocycles. The zero-order valence-corrected chi connectivity index (χ0v) is 20.8. The van der Waals surface area contributed by atoms with Gasteiger partial charge >= 0.3 is 11.9 Å². The zero-order chi connectivity index (χ0) is 28.9. The molecule has 15 heteroatoms. The highest BCUT2D eigenvalue weighted by Crippen LogP contribution is 2.43. The fourth-order valence-electron chi connectivity index (χ4n) is 4.54. The van der Waals surface area contributed by atoms with Crippen molar-refractivity contribution in [2.45, 2.75) is 23.3 Å². The minimum atomic E-state index is -4.58. The largest absolute Gasteiger partial charge is 0.504 e. The molecule has 0 saturated carbocycles. The lowest BCUT2D eigenvalue weighted by atomic mass is 9.83. The van der Waals surface area contributed by atoms with Gasteiger partial charge in [-0.3, -0.25) is 19.2 Å². The van der Waals surface area contributed by atoms with Gasteiger partial charge in [0.15, 0.2) is 28.7 Å². The SMILES string of the molecule is O=C(O)C[C@@](O)(CC(=O)N1CCN(S(=O)(=O)c2cc3c(c(O)c2O)C(=O)c2ccccc2C3=O)CC1)C(=O)O. The number of piperazine rings is 1. The number of hydrogen-bond donors (Lipinski definition) is 5. The third kappa shape index (κ3) is 4.71. The van der Waals surface area contributed by atoms with Gasteiger partial charge in [0.2, 0.25) is 15.9 Å². The maximum absolute atomic E-state index is 13.4. The summed E-state index contributed by atoms with van der Waals surface area (Å²) in [5.41, 5.74) is -3.81. The first-order valence-corrected chi connectivity index (χ1v) is 12.9. The Labute approximate surface area is 220 Å². The number of aliphatic hydroxyl groups is 1. The van der Waals surface area contributed by atoms with Gasteiger partial charge in [0.25, 0.3) is 0 Å². The third-order valence-corrected chi connectivity index (χ3v) is 8.53. The van der Waals surface area contributed by atoms with E-state index in [-0.39, 0.29) is 37.3 Å². The van der Waals surface area contributed by atoms with Gasteiger partial charge in [-0.2, -0.15) is 4.31 Å². The van der Waals surface area contributed by atoms with Crippen LogP contribution in [0.3, 0.4) is 0 Å². The summed E-state index contributed by atoms with van der Waals surface area (Å²) in [6.07, 6.45) is -2.28. The number of phenolic OH excluding ortho intramolecular Hbond substituents is 2. The number of hydrogen-bond acceptors (Lipinski definition) is 10. The molecule has 39 heavy (non-hydrogen) atoms. The lowest BCUT2D eigenvalue weighted by molar-refractivity contribution is -0.169. The van der Waals surface area contributed by atoms with Crippen LogP contribution in [0.25, 0.3) is 0 Å².